The SMILES string of the molecule is O=C1O[C@H]([C@@H](O)Cn2cc(-c3ccc(Br)cc3)nn2)C(OCc2ccccc2)=C1OCc1ccccc1. The molecule has 37 heavy (non-hydrogen) atoms. The van der Waals surface area contributed by atoms with Gasteiger partial charge < -0.3 is 19.3 Å². The molecule has 3 aromatic carbocycles. The Morgan fingerprint density at radius 2 is 1.54 bits per heavy atom. The van der Waals surface area contributed by atoms with Gasteiger partial charge in [0.25, 0.3) is 0 Å². The highest BCUT2D eigenvalue weighted by Gasteiger charge is 2.42. The maximum Gasteiger partial charge on any atom is 0.378 e. The van der Waals surface area contributed by atoms with Crippen molar-refractivity contribution < 1.29 is 24.1 Å². The Morgan fingerprint density at radius 3 is 2.19 bits per heavy atom. The van der Waals surface area contributed by atoms with E-state index in [9.17, 15) is 9.90 Å². The number of hydrogen-bond acceptors (Lipinski definition) is 7. The van der Waals surface area contributed by atoms with Crippen LogP contribution in [0.4, 0.5) is 0 Å². The van der Waals surface area contributed by atoms with Gasteiger partial charge in [-0.15, -0.1) is 5.10 Å². The summed E-state index contributed by atoms with van der Waals surface area (Å²) in [5, 5.41) is 19.4. The molecule has 2 atom stereocenters. The fourth-order valence-electron chi connectivity index (χ4n) is 3.88. The number of aromatic nitrogens is 3. The summed E-state index contributed by atoms with van der Waals surface area (Å²) in [4.78, 5) is 12.8. The van der Waals surface area contributed by atoms with Crippen LogP contribution in [-0.2, 0) is 38.8 Å². The van der Waals surface area contributed by atoms with E-state index in [0.29, 0.717) is 5.69 Å². The van der Waals surface area contributed by atoms with Crippen molar-refractivity contribution >= 4 is 21.9 Å². The van der Waals surface area contributed by atoms with Gasteiger partial charge >= 0.3 is 5.97 Å². The fraction of sp³-hybridized carbons (Fsp3) is 0.179. The van der Waals surface area contributed by atoms with Crippen LogP contribution in [0.1, 0.15) is 11.1 Å². The van der Waals surface area contributed by atoms with E-state index >= 15 is 0 Å². The second kappa shape index (κ2) is 11.4. The summed E-state index contributed by atoms with van der Waals surface area (Å²) in [6, 6.07) is 26.7. The first-order valence-electron chi connectivity index (χ1n) is 11.7. The van der Waals surface area contributed by atoms with Crippen molar-refractivity contribution in [1.29, 1.82) is 0 Å². The van der Waals surface area contributed by atoms with Crippen molar-refractivity contribution in [3.63, 3.8) is 0 Å². The maximum atomic E-state index is 12.8. The van der Waals surface area contributed by atoms with E-state index in [2.05, 4.69) is 26.2 Å². The van der Waals surface area contributed by atoms with Crippen molar-refractivity contribution in [2.45, 2.75) is 32.0 Å². The second-order valence-corrected chi connectivity index (χ2v) is 9.38. The highest BCUT2D eigenvalue weighted by molar-refractivity contribution is 9.10. The number of carbonyl (C=O) groups excluding carboxylic acids is 1. The fourth-order valence-corrected chi connectivity index (χ4v) is 4.14. The second-order valence-electron chi connectivity index (χ2n) is 8.47. The van der Waals surface area contributed by atoms with Crippen LogP contribution in [0.5, 0.6) is 0 Å². The van der Waals surface area contributed by atoms with Crippen LogP contribution >= 0.6 is 15.9 Å². The van der Waals surface area contributed by atoms with Crippen molar-refractivity contribution in [2.75, 3.05) is 0 Å². The topological polar surface area (TPSA) is 95.7 Å². The summed E-state index contributed by atoms with van der Waals surface area (Å²) in [5.74, 6) is -0.569. The molecule has 1 aromatic heterocycles. The predicted octanol–water partition coefficient (Wildman–Crippen LogP) is 4.64. The molecule has 2 heterocycles. The zero-order valence-corrected chi connectivity index (χ0v) is 21.3. The molecular weight excluding hydrogens is 538 g/mol. The molecule has 0 unspecified atom stereocenters. The highest BCUT2D eigenvalue weighted by Crippen LogP contribution is 2.30. The number of hydrogen-bond donors (Lipinski definition) is 1. The molecule has 0 radical (unpaired) electrons. The molecule has 0 aliphatic carbocycles. The number of carbonyl (C=O) groups is 1. The standard InChI is InChI=1S/C28H24BrN3O5/c29-22-13-11-21(12-14-22)23-15-32(31-30-23)16-24(33)25-26(35-17-19-7-3-1-4-8-19)27(28(34)37-25)36-18-20-9-5-2-6-10-20/h1-15,24-25,33H,16-18H2/t24-,25+/m0/s1. The lowest BCUT2D eigenvalue weighted by Crippen LogP contribution is -2.33. The summed E-state index contributed by atoms with van der Waals surface area (Å²) in [7, 11) is 0. The van der Waals surface area contributed by atoms with Gasteiger partial charge in [-0.2, -0.15) is 0 Å². The number of cyclic esters (lactones) is 1. The Hall–Kier alpha value is -3.95. The molecule has 0 saturated heterocycles. The normalized spacial score (nSPS) is 15.9. The van der Waals surface area contributed by atoms with Crippen molar-refractivity contribution in [3.8, 4) is 11.3 Å². The first-order valence-corrected chi connectivity index (χ1v) is 12.5. The lowest BCUT2D eigenvalue weighted by Gasteiger charge is -2.20. The molecule has 9 heteroatoms. The van der Waals surface area contributed by atoms with Gasteiger partial charge in [0, 0.05) is 10.0 Å². The average Bonchev–Trinajstić information content (AvgIpc) is 3.51. The Bertz CT molecular complexity index is 1370. The summed E-state index contributed by atoms with van der Waals surface area (Å²) < 4.78 is 19.8. The number of rotatable bonds is 10. The zero-order valence-electron chi connectivity index (χ0n) is 19.7. The quantitative estimate of drug-likeness (QED) is 0.282. The molecule has 0 bridgehead atoms. The molecule has 8 nitrogen and oxygen atoms in total. The van der Waals surface area contributed by atoms with Crippen LogP contribution in [-0.4, -0.2) is 38.3 Å². The van der Waals surface area contributed by atoms with Gasteiger partial charge in [0.15, 0.2) is 11.9 Å². The Balaban J connectivity index is 1.34. The molecule has 188 valence electrons. The van der Waals surface area contributed by atoms with E-state index in [4.69, 9.17) is 14.2 Å². The van der Waals surface area contributed by atoms with Crippen LogP contribution in [0.3, 0.4) is 0 Å². The monoisotopic (exact) mass is 561 g/mol. The van der Waals surface area contributed by atoms with Crippen molar-refractivity contribution in [3.05, 3.63) is 118 Å². The van der Waals surface area contributed by atoms with Gasteiger partial charge in [-0.25, -0.2) is 9.48 Å². The molecule has 0 amide bonds. The number of ether oxygens (including phenoxy) is 3. The van der Waals surface area contributed by atoms with Crippen LogP contribution in [0.15, 0.2) is 107 Å². The lowest BCUT2D eigenvalue weighted by atomic mass is 10.1. The minimum absolute atomic E-state index is 0.0334. The molecular formula is C28H24BrN3O5. The molecule has 4 aromatic rings. The molecule has 5 rings (SSSR count). The van der Waals surface area contributed by atoms with E-state index in [0.717, 1.165) is 21.2 Å². The lowest BCUT2D eigenvalue weighted by molar-refractivity contribution is -0.148. The number of benzene rings is 3. The third kappa shape index (κ3) is 6.07. The van der Waals surface area contributed by atoms with Crippen LogP contribution < -0.4 is 0 Å². The molecule has 1 aliphatic rings. The third-order valence-corrected chi connectivity index (χ3v) is 6.30. The summed E-state index contributed by atoms with van der Waals surface area (Å²) >= 11 is 3.42. The van der Waals surface area contributed by atoms with Crippen LogP contribution in [0, 0.1) is 0 Å². The van der Waals surface area contributed by atoms with Crippen LogP contribution in [0.2, 0.25) is 0 Å². The van der Waals surface area contributed by atoms with E-state index < -0.39 is 18.2 Å². The molecule has 0 spiro atoms. The Labute approximate surface area is 222 Å². The number of nitrogens with zero attached hydrogens (tertiary/aromatic N) is 3. The van der Waals surface area contributed by atoms with Gasteiger partial charge in [-0.1, -0.05) is 93.9 Å². The van der Waals surface area contributed by atoms with E-state index in [1.54, 1.807) is 6.20 Å². The van der Waals surface area contributed by atoms with E-state index in [1.165, 1.54) is 4.68 Å². The van der Waals surface area contributed by atoms with Gasteiger partial charge in [-0.05, 0) is 23.3 Å². The minimum Gasteiger partial charge on any atom is -0.485 e. The number of halogens is 1. The molecule has 0 fully saturated rings. The van der Waals surface area contributed by atoms with Gasteiger partial charge in [-0.3, -0.25) is 0 Å². The first kappa shape index (κ1) is 24.7. The largest absolute Gasteiger partial charge is 0.485 e. The number of aliphatic hydroxyl groups excluding tert-OH is 1. The highest BCUT2D eigenvalue weighted by atomic mass is 79.9. The van der Waals surface area contributed by atoms with E-state index in [-0.39, 0.29) is 31.3 Å². The first-order chi connectivity index (χ1) is 18.1. The van der Waals surface area contributed by atoms with Gasteiger partial charge in [0.05, 0.1) is 12.7 Å². The van der Waals surface area contributed by atoms with E-state index in [1.807, 2.05) is 84.9 Å². The zero-order chi connectivity index (χ0) is 25.6. The van der Waals surface area contributed by atoms with Gasteiger partial charge in [0.1, 0.15) is 25.0 Å². The maximum absolute atomic E-state index is 12.8. The van der Waals surface area contributed by atoms with Crippen molar-refractivity contribution in [2.24, 2.45) is 0 Å². The summed E-state index contributed by atoms with van der Waals surface area (Å²) in [6.45, 7) is 0.378. The van der Waals surface area contributed by atoms with Crippen LogP contribution in [0.25, 0.3) is 11.3 Å². The summed E-state index contributed by atoms with van der Waals surface area (Å²) in [5.41, 5.74) is 3.34. The predicted molar refractivity (Wildman–Crippen MR) is 139 cm³/mol. The minimum atomic E-state index is -1.15. The molecule has 1 N–H and O–H groups in total. The average molecular weight is 562 g/mol. The summed E-state index contributed by atoms with van der Waals surface area (Å²) in [6.07, 6.45) is -0.473. The molecule has 0 saturated carbocycles. The third-order valence-electron chi connectivity index (χ3n) is 5.77. The Morgan fingerprint density at radius 1 is 0.919 bits per heavy atom. The van der Waals surface area contributed by atoms with Gasteiger partial charge in [0.2, 0.25) is 5.76 Å². The smallest absolute Gasteiger partial charge is 0.378 e. The number of aliphatic hydroxyl groups is 1. The molecule has 1 aliphatic heterocycles. The number of esters is 1. The van der Waals surface area contributed by atoms with Crippen molar-refractivity contribution in [1.82, 2.24) is 15.0 Å². The Kier molecular flexibility index (Phi) is 7.62.